The first kappa shape index (κ1) is 36.4. The molecule has 1 aliphatic rings. The highest BCUT2D eigenvalue weighted by molar-refractivity contribution is 7.79. The second-order valence-electron chi connectivity index (χ2n) is 12.2. The van der Waals surface area contributed by atoms with Gasteiger partial charge in [0, 0.05) is 36.6 Å². The predicted octanol–water partition coefficient (Wildman–Crippen LogP) is 6.26. The highest BCUT2D eigenvalue weighted by Crippen LogP contribution is 2.43. The maximum atomic E-state index is 13.4. The van der Waals surface area contributed by atoms with Crippen LogP contribution in [0.4, 0.5) is 0 Å². The van der Waals surface area contributed by atoms with Crippen molar-refractivity contribution in [3.8, 4) is 5.75 Å². The van der Waals surface area contributed by atoms with Gasteiger partial charge in [0.05, 0.1) is 19.8 Å². The van der Waals surface area contributed by atoms with Gasteiger partial charge < -0.3 is 28.5 Å². The molecule has 2 heterocycles. The highest BCUT2D eigenvalue weighted by Gasteiger charge is 2.59. The molecule has 1 saturated heterocycles. The normalized spacial score (nSPS) is 19.8. The van der Waals surface area contributed by atoms with E-state index in [1.54, 1.807) is 25.3 Å². The predicted molar refractivity (Wildman–Crippen MR) is 199 cm³/mol. The molecule has 1 N–H and O–H groups in total. The number of thiocarbonyl (C=S) groups is 1. The molecule has 0 bridgehead atoms. The lowest BCUT2D eigenvalue weighted by Gasteiger charge is -2.34. The van der Waals surface area contributed by atoms with E-state index in [4.69, 9.17) is 40.7 Å². The molecular weight excluding hydrogens is 683 g/mol. The summed E-state index contributed by atoms with van der Waals surface area (Å²) in [6, 6.07) is 38.0. The molecule has 5 aromatic rings. The van der Waals surface area contributed by atoms with Crippen molar-refractivity contribution in [2.24, 2.45) is 5.16 Å². The lowest BCUT2D eigenvalue weighted by atomic mass is 9.92. The summed E-state index contributed by atoms with van der Waals surface area (Å²) in [7, 11) is 0. The molecular formula is C40H39N3O8S. The zero-order chi connectivity index (χ0) is 36.2. The third kappa shape index (κ3) is 9.47. The van der Waals surface area contributed by atoms with Crippen LogP contribution in [0.25, 0.3) is 0 Å². The van der Waals surface area contributed by atoms with Gasteiger partial charge in [0.2, 0.25) is 0 Å². The molecule has 0 saturated carbocycles. The first-order valence-electron chi connectivity index (χ1n) is 16.8. The van der Waals surface area contributed by atoms with Gasteiger partial charge in [-0.3, -0.25) is 14.3 Å². The zero-order valence-electron chi connectivity index (χ0n) is 28.5. The van der Waals surface area contributed by atoms with Crippen LogP contribution in [0.2, 0.25) is 0 Å². The van der Waals surface area contributed by atoms with Crippen molar-refractivity contribution in [2.45, 2.75) is 57.2 Å². The van der Waals surface area contributed by atoms with E-state index in [9.17, 15) is 9.59 Å². The van der Waals surface area contributed by atoms with Crippen LogP contribution in [0.15, 0.2) is 142 Å². The standard InChI is InChI=1S/C40H39N3O8S/c1-29-24-43(38(45)42-36(29)44)37-34(50-39(52)49-33-20-12-5-13-21-33)35(47-26-31-16-8-3-9-17-31)40(51-37,28-46-25-30-14-6-2-7-15-30)22-23-41-48-27-32-18-10-4-11-19-32/h2-21,23-24,34-35,37H,22,25-28H2,1H3,(H,42,44,45)/b41-23+/t34-,35+,37-,40-/m1/s1. The molecule has 1 aromatic heterocycles. The van der Waals surface area contributed by atoms with Crippen LogP contribution >= 0.6 is 12.2 Å². The summed E-state index contributed by atoms with van der Waals surface area (Å²) in [5.74, 6) is 0.460. The second-order valence-corrected chi connectivity index (χ2v) is 12.6. The van der Waals surface area contributed by atoms with Crippen LogP contribution in [0.3, 0.4) is 0 Å². The Hall–Kier alpha value is -5.40. The van der Waals surface area contributed by atoms with Crippen molar-refractivity contribution in [3.05, 3.63) is 171 Å². The Bertz CT molecular complexity index is 2030. The number of hydrogen-bond acceptors (Lipinski definition) is 10. The summed E-state index contributed by atoms with van der Waals surface area (Å²) < 4.78 is 33.5. The van der Waals surface area contributed by atoms with Gasteiger partial charge >= 0.3 is 10.9 Å². The van der Waals surface area contributed by atoms with Crippen LogP contribution < -0.4 is 16.0 Å². The summed E-state index contributed by atoms with van der Waals surface area (Å²) in [4.78, 5) is 33.9. The van der Waals surface area contributed by atoms with Gasteiger partial charge in [-0.25, -0.2) is 4.79 Å². The first-order valence-corrected chi connectivity index (χ1v) is 17.2. The number of aryl methyl sites for hydroxylation is 1. The number of aromatic amines is 1. The van der Waals surface area contributed by atoms with Gasteiger partial charge in [-0.1, -0.05) is 114 Å². The Morgan fingerprint density at radius 2 is 1.42 bits per heavy atom. The minimum absolute atomic E-state index is 0.00813. The fraction of sp³-hybridized carbons (Fsp3) is 0.250. The Morgan fingerprint density at radius 1 is 0.846 bits per heavy atom. The molecule has 268 valence electrons. The van der Waals surface area contributed by atoms with Gasteiger partial charge in [0.1, 0.15) is 24.1 Å². The second kappa shape index (κ2) is 17.7. The zero-order valence-corrected chi connectivity index (χ0v) is 29.4. The Morgan fingerprint density at radius 3 is 2.06 bits per heavy atom. The quantitative estimate of drug-likeness (QED) is 0.0759. The molecule has 4 aromatic carbocycles. The fourth-order valence-corrected chi connectivity index (χ4v) is 6.05. The van der Waals surface area contributed by atoms with Gasteiger partial charge in [0.25, 0.3) is 5.56 Å². The molecule has 11 nitrogen and oxygen atoms in total. The molecule has 1 aliphatic heterocycles. The highest BCUT2D eigenvalue weighted by atomic mass is 32.1. The maximum absolute atomic E-state index is 13.4. The Balaban J connectivity index is 1.38. The van der Waals surface area contributed by atoms with Crippen LogP contribution in [0.1, 0.15) is 34.9 Å². The van der Waals surface area contributed by atoms with Gasteiger partial charge in [0.15, 0.2) is 12.3 Å². The third-order valence-electron chi connectivity index (χ3n) is 8.44. The molecule has 0 amide bonds. The smallest absolute Gasteiger partial charge is 0.358 e. The van der Waals surface area contributed by atoms with Gasteiger partial charge in [-0.05, 0) is 35.7 Å². The minimum Gasteiger partial charge on any atom is -0.446 e. The number of nitrogens with zero attached hydrogens (tertiary/aromatic N) is 2. The van der Waals surface area contributed by atoms with Crippen LogP contribution in [0, 0.1) is 6.92 Å². The Labute approximate surface area is 306 Å². The number of ether oxygens (including phenoxy) is 5. The summed E-state index contributed by atoms with van der Waals surface area (Å²) in [5, 5.41) is 4.04. The number of benzene rings is 4. The molecule has 52 heavy (non-hydrogen) atoms. The average Bonchev–Trinajstić information content (AvgIpc) is 3.45. The topological polar surface area (TPSA) is 123 Å². The summed E-state index contributed by atoms with van der Waals surface area (Å²) in [6.45, 7) is 2.28. The number of hydrogen-bond donors (Lipinski definition) is 1. The molecule has 1 fully saturated rings. The van der Waals surface area contributed by atoms with E-state index in [1.807, 2.05) is 109 Å². The molecule has 6 rings (SSSR count). The van der Waals surface area contributed by atoms with Crippen LogP contribution in [-0.4, -0.2) is 45.4 Å². The summed E-state index contributed by atoms with van der Waals surface area (Å²) in [5.41, 5.74) is 0.555. The summed E-state index contributed by atoms with van der Waals surface area (Å²) >= 11 is 5.60. The van der Waals surface area contributed by atoms with Crippen molar-refractivity contribution >= 4 is 23.7 Å². The number of rotatable bonds is 15. The summed E-state index contributed by atoms with van der Waals surface area (Å²) in [6.07, 6.45) is -0.00881. The molecule has 4 atom stereocenters. The largest absolute Gasteiger partial charge is 0.446 e. The van der Waals surface area contributed by atoms with Crippen LogP contribution in [0.5, 0.6) is 5.75 Å². The number of nitrogens with one attached hydrogen (secondary N) is 1. The van der Waals surface area contributed by atoms with Crippen molar-refractivity contribution in [1.29, 1.82) is 0 Å². The lowest BCUT2D eigenvalue weighted by Crippen LogP contribution is -2.50. The van der Waals surface area contributed by atoms with Crippen LogP contribution in [-0.2, 0) is 43.6 Å². The van der Waals surface area contributed by atoms with E-state index in [2.05, 4.69) is 10.1 Å². The molecule has 12 heteroatoms. The number of oxime groups is 1. The van der Waals surface area contributed by atoms with Crippen molar-refractivity contribution in [1.82, 2.24) is 9.55 Å². The van der Waals surface area contributed by atoms with Gasteiger partial charge in [-0.2, -0.15) is 0 Å². The fourth-order valence-electron chi connectivity index (χ4n) is 5.85. The van der Waals surface area contributed by atoms with E-state index in [1.165, 1.54) is 10.8 Å². The van der Waals surface area contributed by atoms with E-state index >= 15 is 0 Å². The Kier molecular flexibility index (Phi) is 12.4. The third-order valence-corrected chi connectivity index (χ3v) is 8.62. The van der Waals surface area contributed by atoms with E-state index in [0.717, 1.165) is 16.7 Å². The van der Waals surface area contributed by atoms with E-state index < -0.39 is 35.3 Å². The van der Waals surface area contributed by atoms with Gasteiger partial charge in [-0.15, -0.1) is 0 Å². The SMILES string of the molecule is Cc1cn([C@@H]2O[C@](C/C=N/OCc3ccccc3)(COCc3ccccc3)[C@@H](OCc3ccccc3)[C@H]2OC(=S)Oc2ccccc2)c(=O)[nH]c1=O. The first-order chi connectivity index (χ1) is 25.4. The van der Waals surface area contributed by atoms with Crippen molar-refractivity contribution in [3.63, 3.8) is 0 Å². The van der Waals surface area contributed by atoms with Crippen molar-refractivity contribution in [2.75, 3.05) is 6.61 Å². The number of aromatic nitrogens is 2. The lowest BCUT2D eigenvalue weighted by molar-refractivity contribution is -0.153. The minimum atomic E-state index is -1.32. The van der Waals surface area contributed by atoms with E-state index in [-0.39, 0.29) is 38.1 Å². The molecule has 0 unspecified atom stereocenters. The maximum Gasteiger partial charge on any atom is 0.358 e. The van der Waals surface area contributed by atoms with E-state index in [0.29, 0.717) is 11.3 Å². The average molecular weight is 722 g/mol. The molecule has 0 spiro atoms. The molecule has 0 aliphatic carbocycles. The monoisotopic (exact) mass is 721 g/mol. The molecule has 0 radical (unpaired) electrons. The number of H-pyrrole nitrogens is 1. The van der Waals surface area contributed by atoms with Crippen molar-refractivity contribution < 1.29 is 28.5 Å². The number of para-hydroxylation sites is 1.